The van der Waals surface area contributed by atoms with Crippen LogP contribution in [0.15, 0.2) is 24.3 Å². The van der Waals surface area contributed by atoms with Gasteiger partial charge < -0.3 is 0 Å². The molecule has 0 radical (unpaired) electrons. The fourth-order valence-corrected chi connectivity index (χ4v) is 0.782. The number of rotatable bonds is 4. The van der Waals surface area contributed by atoms with E-state index in [1.807, 2.05) is 13.0 Å². The van der Waals surface area contributed by atoms with Crippen LogP contribution in [0, 0.1) is 0 Å². The van der Waals surface area contributed by atoms with Crippen molar-refractivity contribution in [1.29, 1.82) is 0 Å². The quantitative estimate of drug-likeness (QED) is 0.349. The lowest BCUT2D eigenvalue weighted by molar-refractivity contribution is -0.107. The molecule has 0 amide bonds. The molecular formula is C8H11ClO. The molecule has 56 valence electrons. The molecule has 0 N–H and O–H groups in total. The van der Waals surface area contributed by atoms with Crippen molar-refractivity contribution >= 4 is 16.8 Å². The van der Waals surface area contributed by atoms with Gasteiger partial charge in [0.25, 0.3) is 0 Å². The van der Waals surface area contributed by atoms with Gasteiger partial charge in [-0.05, 0) is 37.4 Å². The Morgan fingerprint density at radius 1 is 1.70 bits per heavy atom. The second kappa shape index (κ2) is 5.24. The van der Waals surface area contributed by atoms with Crippen LogP contribution in [0.25, 0.3) is 0 Å². The lowest BCUT2D eigenvalue weighted by atomic mass is 10.1. The topological polar surface area (TPSA) is 17.1 Å². The van der Waals surface area contributed by atoms with Crippen LogP contribution in [0.1, 0.15) is 19.8 Å². The molecule has 0 unspecified atom stereocenters. The summed E-state index contributed by atoms with van der Waals surface area (Å²) in [6.07, 6.45) is 5.01. The number of halogens is 1. The average molecular weight is 159 g/mol. The summed E-state index contributed by atoms with van der Waals surface area (Å²) in [6.45, 7) is 5.45. The van der Waals surface area contributed by atoms with Crippen molar-refractivity contribution in [2.75, 3.05) is 0 Å². The minimum absolute atomic E-state index is 0.401. The van der Waals surface area contributed by atoms with Crippen molar-refractivity contribution in [2.45, 2.75) is 19.8 Å². The first-order valence-electron chi connectivity index (χ1n) is 3.14. The number of allylic oxidation sites excluding steroid dienone is 3. The number of hydrogen-bond acceptors (Lipinski definition) is 1. The van der Waals surface area contributed by atoms with Crippen LogP contribution in [0.4, 0.5) is 0 Å². The first-order valence-corrected chi connectivity index (χ1v) is 3.52. The fraction of sp³-hybridized carbons (Fsp3) is 0.375. The molecule has 0 atom stereocenters. The van der Waals surface area contributed by atoms with Gasteiger partial charge in [-0.25, -0.2) is 0 Å². The molecular weight excluding hydrogens is 148 g/mol. The summed E-state index contributed by atoms with van der Waals surface area (Å²) in [6, 6.07) is 0. The summed E-state index contributed by atoms with van der Waals surface area (Å²) in [5.41, 5.74) is 1.000. The minimum atomic E-state index is -0.401. The molecule has 2 heteroatoms. The van der Waals surface area contributed by atoms with E-state index in [4.69, 9.17) is 11.6 Å². The van der Waals surface area contributed by atoms with Gasteiger partial charge in [-0.2, -0.15) is 0 Å². The molecule has 1 nitrogen and oxygen atoms in total. The van der Waals surface area contributed by atoms with Crippen LogP contribution >= 0.6 is 11.6 Å². The highest BCUT2D eigenvalue weighted by molar-refractivity contribution is 6.66. The van der Waals surface area contributed by atoms with Gasteiger partial charge in [0, 0.05) is 0 Å². The van der Waals surface area contributed by atoms with Crippen LogP contribution in [-0.4, -0.2) is 5.24 Å². The van der Waals surface area contributed by atoms with Crippen LogP contribution in [0.2, 0.25) is 0 Å². The minimum Gasteiger partial charge on any atom is -0.276 e. The normalized spacial score (nSPS) is 11.2. The van der Waals surface area contributed by atoms with E-state index >= 15 is 0 Å². The van der Waals surface area contributed by atoms with E-state index in [0.717, 1.165) is 18.4 Å². The average Bonchev–Trinajstić information content (AvgIpc) is 1.82. The third-order valence-corrected chi connectivity index (χ3v) is 1.21. The Hall–Kier alpha value is -0.560. The van der Waals surface area contributed by atoms with E-state index in [2.05, 4.69) is 6.58 Å². The third kappa shape index (κ3) is 5.57. The molecule has 0 saturated heterocycles. The van der Waals surface area contributed by atoms with E-state index in [9.17, 15) is 4.79 Å². The van der Waals surface area contributed by atoms with Crippen molar-refractivity contribution in [1.82, 2.24) is 0 Å². The Kier molecular flexibility index (Phi) is 4.95. The van der Waals surface area contributed by atoms with Crippen molar-refractivity contribution in [2.24, 2.45) is 0 Å². The standard InChI is InChI=1S/C8H11ClO/c1-3-4-5-7(2)6-8(9)10/h3,6H,1,4-5H2,2H3/b7-6+. The molecule has 0 heterocycles. The molecule has 0 aliphatic carbocycles. The molecule has 0 aliphatic heterocycles. The summed E-state index contributed by atoms with van der Waals surface area (Å²) in [5.74, 6) is 0. The highest BCUT2D eigenvalue weighted by Gasteiger charge is 1.91. The summed E-state index contributed by atoms with van der Waals surface area (Å²) in [5, 5.41) is -0.401. The maximum absolute atomic E-state index is 10.3. The van der Waals surface area contributed by atoms with Crippen LogP contribution in [0.3, 0.4) is 0 Å². The number of carbonyl (C=O) groups is 1. The lowest BCUT2D eigenvalue weighted by Gasteiger charge is -1.93. The summed E-state index contributed by atoms with van der Waals surface area (Å²) in [7, 11) is 0. The fourth-order valence-electron chi connectivity index (χ4n) is 0.596. The molecule has 0 saturated carbocycles. The first-order chi connectivity index (χ1) is 4.66. The van der Waals surface area contributed by atoms with Crippen molar-refractivity contribution in [3.8, 4) is 0 Å². The van der Waals surface area contributed by atoms with Crippen molar-refractivity contribution in [3.63, 3.8) is 0 Å². The summed E-state index contributed by atoms with van der Waals surface area (Å²) >= 11 is 5.11. The van der Waals surface area contributed by atoms with Gasteiger partial charge >= 0.3 is 0 Å². The van der Waals surface area contributed by atoms with E-state index in [1.54, 1.807) is 0 Å². The highest BCUT2D eigenvalue weighted by atomic mass is 35.5. The maximum Gasteiger partial charge on any atom is 0.245 e. The van der Waals surface area contributed by atoms with Gasteiger partial charge in [0.05, 0.1) is 0 Å². The second-order valence-corrected chi connectivity index (χ2v) is 2.49. The predicted octanol–water partition coefficient (Wildman–Crippen LogP) is 2.66. The highest BCUT2D eigenvalue weighted by Crippen LogP contribution is 2.04. The van der Waals surface area contributed by atoms with Crippen LogP contribution < -0.4 is 0 Å². The van der Waals surface area contributed by atoms with E-state index in [1.165, 1.54) is 6.08 Å². The zero-order valence-electron chi connectivity index (χ0n) is 6.06. The first kappa shape index (κ1) is 9.44. The largest absolute Gasteiger partial charge is 0.276 e. The molecule has 10 heavy (non-hydrogen) atoms. The Labute approximate surface area is 66.4 Å². The summed E-state index contributed by atoms with van der Waals surface area (Å²) < 4.78 is 0. The molecule has 0 aromatic heterocycles. The Bertz CT molecular complexity index is 159. The van der Waals surface area contributed by atoms with Gasteiger partial charge in [-0.3, -0.25) is 4.79 Å². The van der Waals surface area contributed by atoms with Crippen LogP contribution in [0.5, 0.6) is 0 Å². The van der Waals surface area contributed by atoms with Gasteiger partial charge in [0.15, 0.2) is 0 Å². The SMILES string of the molecule is C=CCC/C(C)=C/C(=O)Cl. The molecule has 0 spiro atoms. The smallest absolute Gasteiger partial charge is 0.245 e. The predicted molar refractivity (Wildman–Crippen MR) is 44.0 cm³/mol. The number of carbonyl (C=O) groups excluding carboxylic acids is 1. The second-order valence-electron chi connectivity index (χ2n) is 2.12. The van der Waals surface area contributed by atoms with Gasteiger partial charge in [0.1, 0.15) is 0 Å². The zero-order chi connectivity index (χ0) is 7.98. The monoisotopic (exact) mass is 158 g/mol. The molecule has 0 aromatic rings. The molecule has 0 bridgehead atoms. The maximum atomic E-state index is 10.3. The molecule has 0 aliphatic rings. The van der Waals surface area contributed by atoms with Gasteiger partial charge in [-0.15, -0.1) is 6.58 Å². The van der Waals surface area contributed by atoms with E-state index in [-0.39, 0.29) is 0 Å². The van der Waals surface area contributed by atoms with Gasteiger partial charge in [0.2, 0.25) is 5.24 Å². The summed E-state index contributed by atoms with van der Waals surface area (Å²) in [4.78, 5) is 10.3. The third-order valence-electron chi connectivity index (χ3n) is 1.10. The Morgan fingerprint density at radius 2 is 2.30 bits per heavy atom. The van der Waals surface area contributed by atoms with Crippen molar-refractivity contribution in [3.05, 3.63) is 24.3 Å². The molecule has 0 aromatic carbocycles. The molecule has 0 fully saturated rings. The van der Waals surface area contributed by atoms with Crippen molar-refractivity contribution < 1.29 is 4.79 Å². The number of hydrogen-bond donors (Lipinski definition) is 0. The van der Waals surface area contributed by atoms with Crippen LogP contribution in [-0.2, 0) is 4.79 Å². The van der Waals surface area contributed by atoms with E-state index < -0.39 is 5.24 Å². The molecule has 0 rings (SSSR count). The lowest BCUT2D eigenvalue weighted by Crippen LogP contribution is -1.81. The zero-order valence-corrected chi connectivity index (χ0v) is 6.82. The Morgan fingerprint density at radius 3 is 2.70 bits per heavy atom. The van der Waals surface area contributed by atoms with E-state index in [0.29, 0.717) is 0 Å². The van der Waals surface area contributed by atoms with Gasteiger partial charge in [-0.1, -0.05) is 11.6 Å². The Balaban J connectivity index is 3.70.